The number of amides is 5. The molecule has 8 aliphatic carbocycles. The molecule has 11 aromatic rings. The number of primary amides is 2. The molecule has 0 aliphatic heterocycles. The van der Waals surface area contributed by atoms with Crippen molar-refractivity contribution in [2.45, 2.75) is 171 Å². The van der Waals surface area contributed by atoms with Crippen LogP contribution in [0.3, 0.4) is 0 Å². The second-order valence-corrected chi connectivity index (χ2v) is 36.5. The number of carbonyl (C=O) groups is 7. The van der Waals surface area contributed by atoms with Crippen LogP contribution in [-0.2, 0) is 63.6 Å². The summed E-state index contributed by atoms with van der Waals surface area (Å²) in [6.07, 6.45) is 14.6. The molecule has 4 aromatic heterocycles. The van der Waals surface area contributed by atoms with Crippen molar-refractivity contribution in [3.05, 3.63) is 232 Å². The molecule has 8 saturated carbocycles. The van der Waals surface area contributed by atoms with Crippen LogP contribution in [0.4, 0.5) is 14.4 Å². The first kappa shape index (κ1) is 86.6. The predicted molar refractivity (Wildman–Crippen MR) is 457 cm³/mol. The van der Waals surface area contributed by atoms with Gasteiger partial charge in [-0.2, -0.15) is 0 Å². The number of hydrogen-bond donors (Lipinski definition) is 8. The fourth-order valence-corrected chi connectivity index (χ4v) is 22.1. The van der Waals surface area contributed by atoms with Gasteiger partial charge in [0.15, 0.2) is 34.7 Å². The number of aliphatic hydroxyl groups excluding tert-OH is 1. The summed E-state index contributed by atoms with van der Waals surface area (Å²) in [5.74, 6) is 0.0620. The van der Waals surface area contributed by atoms with Gasteiger partial charge in [-0.05, 0) is 190 Å². The van der Waals surface area contributed by atoms with Gasteiger partial charge in [-0.25, -0.2) is 19.2 Å². The van der Waals surface area contributed by atoms with Gasteiger partial charge in [-0.3, -0.25) is 14.0 Å². The summed E-state index contributed by atoms with van der Waals surface area (Å²) in [6, 6.07) is 60.6. The zero-order chi connectivity index (χ0) is 81.6. The fraction of sp³-hybridized carbons (Fsp3) is 0.352. The Morgan fingerprint density at radius 3 is 1.02 bits per heavy atom. The van der Waals surface area contributed by atoms with Crippen LogP contribution in [0.2, 0.25) is 0 Å². The number of aromatic hydroxyl groups is 1. The number of rotatable bonds is 19. The average molecular weight is 1780 g/mol. The number of aliphatic hydroxyl groups is 1. The summed E-state index contributed by atoms with van der Waals surface area (Å²) in [7, 11) is 1.39. The molecule has 0 atom stereocenters. The molecule has 28 heteroatoms. The SMILES string of the molecule is C=[O+]C(=O)c1sc2ccccc2c1O.COC(=O)c1sc2ccccc2c1OC1CC2(CC(NC(=O)OCc3ccccc3)C2)C1.NC(=O)c1sc2ccccc2c1OC1CC2(CC(N)C2)C1.NC(=O)c1sc2ccccc2c1OC1CC2(CC(NC(=O)OCc3ccccc3)C2)C1.O=C(NC1CC2(CC(O)C2)C1)OCc1ccccc1.[CH3-].[Pd]. The smallest absolute Gasteiger partial charge is 0.505 e. The van der Waals surface area contributed by atoms with Gasteiger partial charge in [0.05, 0.1) is 36.3 Å². The molecule has 119 heavy (non-hydrogen) atoms. The molecule has 0 bridgehead atoms. The van der Waals surface area contributed by atoms with E-state index in [-0.39, 0.29) is 129 Å². The quantitative estimate of drug-likeness (QED) is 0.0123. The molecule has 7 aromatic carbocycles. The number of ether oxygens (including phenoxy) is 7. The number of fused-ring (bicyclic) bond motifs is 4. The zero-order valence-electron chi connectivity index (χ0n) is 65.9. The van der Waals surface area contributed by atoms with Crippen molar-refractivity contribution < 1.29 is 102 Å². The first-order chi connectivity index (χ1) is 56.5. The van der Waals surface area contributed by atoms with E-state index in [0.717, 1.165) is 154 Å². The van der Waals surface area contributed by atoms with Gasteiger partial charge in [0.1, 0.15) is 29.6 Å². The Morgan fingerprint density at radius 1 is 0.420 bits per heavy atom. The summed E-state index contributed by atoms with van der Waals surface area (Å²) < 4.78 is 47.6. The molecule has 5 amide bonds. The van der Waals surface area contributed by atoms with E-state index in [9.17, 15) is 43.8 Å². The van der Waals surface area contributed by atoms with Gasteiger partial charge >= 0.3 is 30.2 Å². The topological polar surface area (TPSA) is 350 Å². The van der Waals surface area contributed by atoms with E-state index in [4.69, 9.17) is 50.4 Å². The first-order valence-electron chi connectivity index (χ1n) is 39.3. The van der Waals surface area contributed by atoms with Gasteiger partial charge in [0, 0.05) is 84.9 Å². The van der Waals surface area contributed by atoms with Gasteiger partial charge in [-0.15, -0.1) is 45.3 Å². The summed E-state index contributed by atoms with van der Waals surface area (Å²) in [5, 5.41) is 31.3. The van der Waals surface area contributed by atoms with Crippen LogP contribution in [0.15, 0.2) is 188 Å². The standard InChI is InChI=1S/C25H25NO5S.C24H24N2O4S.C16H18N2O2S.C15H19NO3.C10H6O3S.CH3.Pd/c1-29-23(27)22-21(19-9-5-6-10-20(19)32-22)31-18-13-25(14-18)11-17(12-25)26-24(28)30-15-16-7-3-2-4-8-16;25-22(27)21-20(18-8-4-5-9-19(18)31-21)30-17-12-24(13-17)10-16(11-24)26-23(28)29-14-15-6-2-1-3-7-15;17-9-5-16(6-9)7-10(8-16)20-13-11-3-1-2-4-12(11)21-14(13)15(18)19;17-13-8-15(9-13)6-12(7-15)16-14(18)19-10-11-4-2-1-3-5-11;1-13-10(12)9-8(11)6-4-2-3-5-7(6)14-9;;/h2-10,17-18H,11-15H2,1H3,(H,26,28);1-9,16-17H,10-14H2,(H2,25,27)(H,26,28);1-4,9-10H,5-8,17H2,(H2,18,19);1-5,12-13,17H,6-10H2,(H,16,18);2-5H,1H2;1H3;/q;;;;;-1;/p+1. The monoisotopic (exact) mass is 1780 g/mol. The van der Waals surface area contributed by atoms with Crippen molar-refractivity contribution >= 4 is 135 Å². The molecule has 8 fully saturated rings. The number of thiophene rings is 4. The zero-order valence-corrected chi connectivity index (χ0v) is 70.7. The van der Waals surface area contributed by atoms with E-state index >= 15 is 0 Å². The Kier molecular flexibility index (Phi) is 27.3. The van der Waals surface area contributed by atoms with Crippen LogP contribution in [-0.4, -0.2) is 115 Å². The molecule has 0 radical (unpaired) electrons. The second kappa shape index (κ2) is 37.6. The fourth-order valence-electron chi connectivity index (χ4n) is 18.1. The van der Waals surface area contributed by atoms with Crippen LogP contribution in [0.25, 0.3) is 40.3 Å². The molecular weight excluding hydrogens is 1680 g/mol. The number of methoxy groups -OCH3 is 1. The normalized spacial score (nSPS) is 24.5. The van der Waals surface area contributed by atoms with E-state index in [1.807, 2.05) is 176 Å². The number of esters is 1. The van der Waals surface area contributed by atoms with Crippen molar-refractivity contribution in [1.29, 1.82) is 0 Å². The number of alkyl carbamates (subject to hydrolysis) is 3. The molecule has 23 nitrogen and oxygen atoms in total. The molecule has 4 spiro atoms. The molecule has 11 N–H and O–H groups in total. The predicted octanol–water partition coefficient (Wildman–Crippen LogP) is 17.3. The molecule has 0 unspecified atom stereocenters. The maximum atomic E-state index is 12.2. The second-order valence-electron chi connectivity index (χ2n) is 32.3. The van der Waals surface area contributed by atoms with E-state index < -0.39 is 17.8 Å². The van der Waals surface area contributed by atoms with Crippen LogP contribution >= 0.6 is 45.3 Å². The summed E-state index contributed by atoms with van der Waals surface area (Å²) in [6.45, 7) is 3.88. The van der Waals surface area contributed by atoms with E-state index in [0.29, 0.717) is 60.7 Å². The molecular formula is C91H96N6O17PdS4. The van der Waals surface area contributed by atoms with Crippen LogP contribution in [0.1, 0.15) is 158 Å². The van der Waals surface area contributed by atoms with Crippen LogP contribution in [0.5, 0.6) is 23.0 Å². The maximum absolute atomic E-state index is 12.2. The largest absolute Gasteiger partial charge is 0.626 e. The third-order valence-electron chi connectivity index (χ3n) is 23.6. The average Bonchev–Trinajstić information content (AvgIpc) is 1.48. The van der Waals surface area contributed by atoms with E-state index in [1.54, 1.807) is 12.1 Å². The Hall–Kier alpha value is -10.3. The first-order valence-corrected chi connectivity index (χ1v) is 42.5. The Morgan fingerprint density at radius 2 is 0.706 bits per heavy atom. The van der Waals surface area contributed by atoms with Crippen molar-refractivity contribution in [3.63, 3.8) is 0 Å². The third-order valence-corrected chi connectivity index (χ3v) is 28.2. The van der Waals surface area contributed by atoms with Crippen molar-refractivity contribution in [2.24, 2.45) is 38.9 Å². The maximum Gasteiger partial charge on any atom is 0.626 e. The molecule has 19 rings (SSSR count). The minimum Gasteiger partial charge on any atom is -0.505 e. The van der Waals surface area contributed by atoms with Gasteiger partial charge < -0.3 is 83.9 Å². The summed E-state index contributed by atoms with van der Waals surface area (Å²) in [5.41, 5.74) is 21.1. The summed E-state index contributed by atoms with van der Waals surface area (Å²) >= 11 is 5.38. The number of nitrogens with two attached hydrogens (primary N) is 3. The number of benzene rings is 7. The number of carbonyl (C=O) groups excluding carboxylic acids is 8. The Bertz CT molecular complexity index is 5430. The minimum absolute atomic E-state index is 0. The summed E-state index contributed by atoms with van der Waals surface area (Å²) in [4.78, 5) is 84.4. The van der Waals surface area contributed by atoms with Crippen molar-refractivity contribution in [1.82, 2.24) is 16.0 Å². The Balaban J connectivity index is 0.000000132. The van der Waals surface area contributed by atoms with Gasteiger partial charge in [0.25, 0.3) is 11.8 Å². The van der Waals surface area contributed by atoms with Gasteiger partial charge in [0.2, 0.25) is 4.88 Å². The van der Waals surface area contributed by atoms with Gasteiger partial charge in [-0.1, -0.05) is 140 Å². The van der Waals surface area contributed by atoms with Crippen LogP contribution in [0, 0.1) is 29.1 Å². The van der Waals surface area contributed by atoms with Crippen molar-refractivity contribution in [3.8, 4) is 23.0 Å². The molecule has 626 valence electrons. The third kappa shape index (κ3) is 20.1. The number of nitrogens with one attached hydrogen (secondary N) is 3. The number of hydrogen-bond acceptors (Lipinski definition) is 21. The molecule has 4 heterocycles. The minimum atomic E-state index is -0.608. The Labute approximate surface area is 718 Å². The van der Waals surface area contributed by atoms with E-state index in [1.165, 1.54) is 52.5 Å². The molecule has 8 aliphatic rings. The van der Waals surface area contributed by atoms with E-state index in [2.05, 4.69) is 27.2 Å². The molecule has 0 saturated heterocycles. The van der Waals surface area contributed by atoms with Crippen molar-refractivity contribution in [2.75, 3.05) is 7.11 Å². The van der Waals surface area contributed by atoms with Crippen LogP contribution < -0.4 is 47.4 Å².